The van der Waals surface area contributed by atoms with Crippen molar-refractivity contribution in [3.05, 3.63) is 30.1 Å². The van der Waals surface area contributed by atoms with Crippen molar-refractivity contribution in [2.75, 3.05) is 19.7 Å². The van der Waals surface area contributed by atoms with Crippen LogP contribution in [0.15, 0.2) is 24.3 Å². The third-order valence-electron chi connectivity index (χ3n) is 3.64. The number of likely N-dealkylation sites (tertiary alicyclic amines) is 1. The summed E-state index contributed by atoms with van der Waals surface area (Å²) < 4.78 is 18.2. The van der Waals surface area contributed by atoms with Crippen molar-refractivity contribution >= 4 is 0 Å². The maximum Gasteiger partial charge on any atom is 0.123 e. The first-order valence-electron chi connectivity index (χ1n) is 6.95. The molecule has 1 N–H and O–H groups in total. The summed E-state index contributed by atoms with van der Waals surface area (Å²) >= 11 is 0. The third kappa shape index (κ3) is 4.48. The van der Waals surface area contributed by atoms with Crippen LogP contribution in [0.3, 0.4) is 0 Å². The van der Waals surface area contributed by atoms with Gasteiger partial charge in [0, 0.05) is 12.6 Å². The molecule has 1 aromatic rings. The summed E-state index contributed by atoms with van der Waals surface area (Å²) in [7, 11) is 0. The first-order chi connectivity index (χ1) is 9.15. The minimum atomic E-state index is -0.509. The fraction of sp³-hybridized carbons (Fsp3) is 0.600. The lowest BCUT2D eigenvalue weighted by Gasteiger charge is -2.34. The van der Waals surface area contributed by atoms with Gasteiger partial charge in [-0.05, 0) is 50.6 Å². The van der Waals surface area contributed by atoms with Crippen LogP contribution >= 0.6 is 0 Å². The number of hydrogen-bond acceptors (Lipinski definition) is 3. The van der Waals surface area contributed by atoms with Gasteiger partial charge in [0.25, 0.3) is 0 Å². The van der Waals surface area contributed by atoms with Crippen molar-refractivity contribution in [3.8, 4) is 5.75 Å². The summed E-state index contributed by atoms with van der Waals surface area (Å²) in [6, 6.07) is 6.40. The Morgan fingerprint density at radius 3 is 2.79 bits per heavy atom. The number of hydrogen-bond donors (Lipinski definition) is 1. The molecule has 19 heavy (non-hydrogen) atoms. The molecule has 0 amide bonds. The predicted molar refractivity (Wildman–Crippen MR) is 72.8 cm³/mol. The molecule has 2 atom stereocenters. The lowest BCUT2D eigenvalue weighted by molar-refractivity contribution is 0.0437. The van der Waals surface area contributed by atoms with Crippen molar-refractivity contribution in [2.24, 2.45) is 0 Å². The SMILES string of the molecule is C[C@@H]1CCCCN1C[C@@H](O)COc1ccc(F)cc1. The Bertz CT molecular complexity index is 382. The second kappa shape index (κ2) is 6.87. The Morgan fingerprint density at radius 2 is 2.11 bits per heavy atom. The topological polar surface area (TPSA) is 32.7 Å². The van der Waals surface area contributed by atoms with Crippen LogP contribution in [0, 0.1) is 5.82 Å². The standard InChI is InChI=1S/C15H22FNO2/c1-12-4-2-3-9-17(12)10-14(18)11-19-15-7-5-13(16)6-8-15/h5-8,12,14,18H,2-4,9-11H2,1H3/t12-,14-/m1/s1. The summed E-state index contributed by atoms with van der Waals surface area (Å²) in [6.07, 6.45) is 3.17. The highest BCUT2D eigenvalue weighted by Gasteiger charge is 2.20. The average Bonchev–Trinajstić information content (AvgIpc) is 2.41. The normalized spacial score (nSPS) is 22.2. The second-order valence-electron chi connectivity index (χ2n) is 5.26. The minimum Gasteiger partial charge on any atom is -0.491 e. The van der Waals surface area contributed by atoms with Crippen molar-refractivity contribution in [1.29, 1.82) is 0 Å². The van der Waals surface area contributed by atoms with Crippen LogP contribution in [0.2, 0.25) is 0 Å². The molecule has 1 saturated heterocycles. The summed E-state index contributed by atoms with van der Waals surface area (Å²) in [5, 5.41) is 9.99. The van der Waals surface area contributed by atoms with Gasteiger partial charge in [-0.15, -0.1) is 0 Å². The number of piperidine rings is 1. The van der Waals surface area contributed by atoms with Crippen LogP contribution in [0.1, 0.15) is 26.2 Å². The van der Waals surface area contributed by atoms with E-state index in [4.69, 9.17) is 4.74 Å². The number of aliphatic hydroxyl groups is 1. The number of halogens is 1. The van der Waals surface area contributed by atoms with Crippen molar-refractivity contribution in [2.45, 2.75) is 38.3 Å². The van der Waals surface area contributed by atoms with Gasteiger partial charge in [0.1, 0.15) is 24.3 Å². The molecule has 1 aliphatic rings. The fourth-order valence-electron chi connectivity index (χ4n) is 2.48. The zero-order valence-electron chi connectivity index (χ0n) is 11.4. The molecule has 106 valence electrons. The van der Waals surface area contributed by atoms with Crippen molar-refractivity contribution in [1.82, 2.24) is 4.90 Å². The molecule has 1 aliphatic heterocycles. The maximum absolute atomic E-state index is 12.7. The van der Waals surface area contributed by atoms with E-state index in [0.717, 1.165) is 6.54 Å². The molecule has 3 nitrogen and oxygen atoms in total. The quantitative estimate of drug-likeness (QED) is 0.889. The van der Waals surface area contributed by atoms with E-state index >= 15 is 0 Å². The van der Waals surface area contributed by atoms with E-state index in [0.29, 0.717) is 18.3 Å². The predicted octanol–water partition coefficient (Wildman–Crippen LogP) is 2.44. The lowest BCUT2D eigenvalue weighted by atomic mass is 10.0. The minimum absolute atomic E-state index is 0.245. The van der Waals surface area contributed by atoms with Crippen molar-refractivity contribution in [3.63, 3.8) is 0 Å². The van der Waals surface area contributed by atoms with E-state index in [1.54, 1.807) is 12.1 Å². The van der Waals surface area contributed by atoms with Gasteiger partial charge in [0.2, 0.25) is 0 Å². The zero-order chi connectivity index (χ0) is 13.7. The van der Waals surface area contributed by atoms with Gasteiger partial charge in [-0.25, -0.2) is 4.39 Å². The van der Waals surface area contributed by atoms with Gasteiger partial charge in [0.05, 0.1) is 0 Å². The molecule has 2 rings (SSSR count). The van der Waals surface area contributed by atoms with Gasteiger partial charge in [-0.2, -0.15) is 0 Å². The highest BCUT2D eigenvalue weighted by atomic mass is 19.1. The molecule has 0 bridgehead atoms. The molecular weight excluding hydrogens is 245 g/mol. The molecular formula is C15H22FNO2. The lowest BCUT2D eigenvalue weighted by Crippen LogP contribution is -2.43. The number of rotatable bonds is 5. The Hall–Kier alpha value is -1.13. The van der Waals surface area contributed by atoms with E-state index in [-0.39, 0.29) is 12.4 Å². The van der Waals surface area contributed by atoms with E-state index < -0.39 is 6.10 Å². The van der Waals surface area contributed by atoms with Gasteiger partial charge < -0.3 is 9.84 Å². The number of nitrogens with zero attached hydrogens (tertiary/aromatic N) is 1. The van der Waals surface area contributed by atoms with E-state index in [1.165, 1.54) is 31.4 Å². The summed E-state index contributed by atoms with van der Waals surface area (Å²) in [5.74, 6) is 0.308. The Balaban J connectivity index is 1.74. The maximum atomic E-state index is 12.7. The van der Waals surface area contributed by atoms with Crippen LogP contribution < -0.4 is 4.74 Å². The Labute approximate surface area is 114 Å². The van der Waals surface area contributed by atoms with Gasteiger partial charge >= 0.3 is 0 Å². The summed E-state index contributed by atoms with van der Waals surface area (Å²) in [5.41, 5.74) is 0. The number of ether oxygens (including phenoxy) is 1. The molecule has 1 heterocycles. The third-order valence-corrected chi connectivity index (χ3v) is 3.64. The monoisotopic (exact) mass is 267 g/mol. The van der Waals surface area contributed by atoms with Crippen LogP contribution in [-0.2, 0) is 0 Å². The van der Waals surface area contributed by atoms with Gasteiger partial charge in [-0.3, -0.25) is 4.90 Å². The Morgan fingerprint density at radius 1 is 1.37 bits per heavy atom. The molecule has 0 spiro atoms. The summed E-state index contributed by atoms with van der Waals surface area (Å²) in [6.45, 7) is 4.14. The van der Waals surface area contributed by atoms with Gasteiger partial charge in [-0.1, -0.05) is 6.42 Å². The Kier molecular flexibility index (Phi) is 5.16. The van der Waals surface area contributed by atoms with Crippen LogP contribution in [0.25, 0.3) is 0 Å². The first kappa shape index (κ1) is 14.3. The molecule has 1 aromatic carbocycles. The molecule has 0 aliphatic carbocycles. The van der Waals surface area contributed by atoms with Crippen LogP contribution in [0.5, 0.6) is 5.75 Å². The van der Waals surface area contributed by atoms with Gasteiger partial charge in [0.15, 0.2) is 0 Å². The molecule has 0 unspecified atom stereocenters. The van der Waals surface area contributed by atoms with Crippen molar-refractivity contribution < 1.29 is 14.2 Å². The average molecular weight is 267 g/mol. The first-order valence-corrected chi connectivity index (χ1v) is 6.95. The highest BCUT2D eigenvalue weighted by molar-refractivity contribution is 5.22. The second-order valence-corrected chi connectivity index (χ2v) is 5.26. The smallest absolute Gasteiger partial charge is 0.123 e. The number of benzene rings is 1. The van der Waals surface area contributed by atoms with Crippen LogP contribution in [0.4, 0.5) is 4.39 Å². The summed E-state index contributed by atoms with van der Waals surface area (Å²) in [4.78, 5) is 2.31. The molecule has 4 heteroatoms. The zero-order valence-corrected chi connectivity index (χ0v) is 11.4. The fourth-order valence-corrected chi connectivity index (χ4v) is 2.48. The van der Waals surface area contributed by atoms with E-state index in [1.807, 2.05) is 0 Å². The largest absolute Gasteiger partial charge is 0.491 e. The van der Waals surface area contributed by atoms with E-state index in [2.05, 4.69) is 11.8 Å². The highest BCUT2D eigenvalue weighted by Crippen LogP contribution is 2.17. The number of aliphatic hydroxyl groups excluding tert-OH is 1. The molecule has 0 aromatic heterocycles. The van der Waals surface area contributed by atoms with E-state index in [9.17, 15) is 9.50 Å². The van der Waals surface area contributed by atoms with Crippen LogP contribution in [-0.4, -0.2) is 41.8 Å². The number of β-amino-alcohol motifs (C(OH)–C–C–N with tert-alkyl or cyclic N) is 1. The molecule has 0 saturated carbocycles. The molecule has 1 fully saturated rings. The molecule has 0 radical (unpaired) electrons.